The van der Waals surface area contributed by atoms with E-state index in [0.29, 0.717) is 5.92 Å². The second kappa shape index (κ2) is 7.54. The summed E-state index contributed by atoms with van der Waals surface area (Å²) in [4.78, 5) is 19.8. The van der Waals surface area contributed by atoms with Crippen molar-refractivity contribution in [1.29, 1.82) is 0 Å². The molecule has 1 unspecified atom stereocenters. The van der Waals surface area contributed by atoms with Crippen LogP contribution >= 0.6 is 0 Å². The SMILES string of the molecule is CN1CCN(Cc2ccc(N3CCCC(c4ncc[nH]4)C3)nc2)CC1. The molecule has 2 aliphatic rings. The van der Waals surface area contributed by atoms with Crippen molar-refractivity contribution in [2.24, 2.45) is 0 Å². The Morgan fingerprint density at radius 1 is 1.12 bits per heavy atom. The Bertz CT molecular complexity index is 645. The van der Waals surface area contributed by atoms with Gasteiger partial charge in [-0.3, -0.25) is 4.90 Å². The molecule has 2 fully saturated rings. The minimum atomic E-state index is 0.482. The summed E-state index contributed by atoms with van der Waals surface area (Å²) in [6, 6.07) is 4.44. The molecule has 2 aromatic rings. The molecule has 0 radical (unpaired) electrons. The molecule has 4 rings (SSSR count). The molecule has 2 aliphatic heterocycles. The van der Waals surface area contributed by atoms with E-state index in [9.17, 15) is 0 Å². The molecule has 6 nitrogen and oxygen atoms in total. The Kier molecular flexibility index (Phi) is 4.99. The third kappa shape index (κ3) is 4.02. The van der Waals surface area contributed by atoms with E-state index >= 15 is 0 Å². The van der Waals surface area contributed by atoms with Crippen LogP contribution in [0.5, 0.6) is 0 Å². The largest absolute Gasteiger partial charge is 0.356 e. The maximum Gasteiger partial charge on any atom is 0.128 e. The predicted octanol–water partition coefficient (Wildman–Crippen LogP) is 1.94. The van der Waals surface area contributed by atoms with Crippen molar-refractivity contribution >= 4 is 5.82 Å². The van der Waals surface area contributed by atoms with E-state index in [-0.39, 0.29) is 0 Å². The highest BCUT2D eigenvalue weighted by Gasteiger charge is 2.24. The van der Waals surface area contributed by atoms with E-state index in [1.54, 1.807) is 0 Å². The lowest BCUT2D eigenvalue weighted by molar-refractivity contribution is 0.148. The molecule has 1 N–H and O–H groups in total. The zero-order valence-corrected chi connectivity index (χ0v) is 15.1. The number of nitrogens with zero attached hydrogens (tertiary/aromatic N) is 5. The van der Waals surface area contributed by atoms with E-state index < -0.39 is 0 Å². The van der Waals surface area contributed by atoms with Gasteiger partial charge in [0.1, 0.15) is 11.6 Å². The number of aromatic nitrogens is 3. The maximum atomic E-state index is 4.76. The van der Waals surface area contributed by atoms with E-state index in [1.807, 2.05) is 12.4 Å². The second-order valence-corrected chi connectivity index (χ2v) is 7.36. The van der Waals surface area contributed by atoms with Crippen LogP contribution in [0.3, 0.4) is 0 Å². The number of imidazole rings is 1. The van der Waals surface area contributed by atoms with E-state index in [4.69, 9.17) is 4.98 Å². The lowest BCUT2D eigenvalue weighted by Crippen LogP contribution is -2.43. The number of rotatable bonds is 4. The van der Waals surface area contributed by atoms with Gasteiger partial charge >= 0.3 is 0 Å². The minimum absolute atomic E-state index is 0.482. The van der Waals surface area contributed by atoms with Crippen molar-refractivity contribution in [3.63, 3.8) is 0 Å². The topological polar surface area (TPSA) is 51.3 Å². The third-order valence-corrected chi connectivity index (χ3v) is 5.46. The van der Waals surface area contributed by atoms with Gasteiger partial charge in [0.05, 0.1) is 0 Å². The summed E-state index contributed by atoms with van der Waals surface area (Å²) in [5.74, 6) is 2.69. The van der Waals surface area contributed by atoms with Crippen molar-refractivity contribution in [2.45, 2.75) is 25.3 Å². The number of hydrogen-bond acceptors (Lipinski definition) is 5. The van der Waals surface area contributed by atoms with Crippen LogP contribution in [0.4, 0.5) is 5.82 Å². The van der Waals surface area contributed by atoms with Gasteiger partial charge in [0.2, 0.25) is 0 Å². The summed E-state index contributed by atoms with van der Waals surface area (Å²) in [5, 5.41) is 0. The fourth-order valence-corrected chi connectivity index (χ4v) is 3.87. The third-order valence-electron chi connectivity index (χ3n) is 5.46. The van der Waals surface area contributed by atoms with Crippen molar-refractivity contribution in [3.05, 3.63) is 42.1 Å². The van der Waals surface area contributed by atoms with Crippen LogP contribution in [0.15, 0.2) is 30.7 Å². The number of hydrogen-bond donors (Lipinski definition) is 1. The van der Waals surface area contributed by atoms with Crippen molar-refractivity contribution < 1.29 is 0 Å². The molecule has 4 heterocycles. The Morgan fingerprint density at radius 2 is 2.00 bits per heavy atom. The van der Waals surface area contributed by atoms with Crippen LogP contribution in [-0.4, -0.2) is 71.1 Å². The first-order valence-corrected chi connectivity index (χ1v) is 9.38. The van der Waals surface area contributed by atoms with Crippen LogP contribution in [0.1, 0.15) is 30.1 Å². The number of nitrogens with one attached hydrogen (secondary N) is 1. The number of piperidine rings is 1. The second-order valence-electron chi connectivity index (χ2n) is 7.36. The van der Waals surface area contributed by atoms with Gasteiger partial charge in [-0.25, -0.2) is 9.97 Å². The fraction of sp³-hybridized carbons (Fsp3) is 0.579. The molecule has 0 saturated carbocycles. The highest BCUT2D eigenvalue weighted by Crippen LogP contribution is 2.27. The number of pyridine rings is 1. The smallest absolute Gasteiger partial charge is 0.128 e. The zero-order valence-electron chi connectivity index (χ0n) is 15.1. The molecular formula is C19H28N6. The first-order valence-electron chi connectivity index (χ1n) is 9.38. The molecule has 0 spiro atoms. The van der Waals surface area contributed by atoms with Gasteiger partial charge in [0.15, 0.2) is 0 Å². The van der Waals surface area contributed by atoms with E-state index in [1.165, 1.54) is 18.4 Å². The first-order chi connectivity index (χ1) is 12.3. The van der Waals surface area contributed by atoms with Crippen LogP contribution < -0.4 is 4.90 Å². The van der Waals surface area contributed by atoms with Gasteiger partial charge < -0.3 is 14.8 Å². The molecule has 1 atom stereocenters. The molecule has 2 aromatic heterocycles. The lowest BCUT2D eigenvalue weighted by atomic mass is 9.97. The van der Waals surface area contributed by atoms with Crippen molar-refractivity contribution in [1.82, 2.24) is 24.8 Å². The first kappa shape index (κ1) is 16.5. The Hall–Kier alpha value is -1.92. The molecule has 2 saturated heterocycles. The summed E-state index contributed by atoms with van der Waals surface area (Å²) in [7, 11) is 2.20. The lowest BCUT2D eigenvalue weighted by Gasteiger charge is -2.33. The summed E-state index contributed by atoms with van der Waals surface area (Å²) < 4.78 is 0. The van der Waals surface area contributed by atoms with Gasteiger partial charge in [-0.15, -0.1) is 0 Å². The van der Waals surface area contributed by atoms with Crippen LogP contribution in [0, 0.1) is 0 Å². The monoisotopic (exact) mass is 340 g/mol. The molecule has 0 aromatic carbocycles. The van der Waals surface area contributed by atoms with Gasteiger partial charge in [-0.2, -0.15) is 0 Å². The van der Waals surface area contributed by atoms with Crippen LogP contribution in [0.2, 0.25) is 0 Å². The average molecular weight is 340 g/mol. The number of likely N-dealkylation sites (N-methyl/N-ethyl adjacent to an activating group) is 1. The maximum absolute atomic E-state index is 4.76. The Labute approximate surface area is 149 Å². The van der Waals surface area contributed by atoms with Crippen LogP contribution in [-0.2, 0) is 6.54 Å². The highest BCUT2D eigenvalue weighted by atomic mass is 15.2. The Morgan fingerprint density at radius 3 is 2.72 bits per heavy atom. The molecule has 25 heavy (non-hydrogen) atoms. The number of anilines is 1. The molecule has 0 amide bonds. The fourth-order valence-electron chi connectivity index (χ4n) is 3.87. The van der Waals surface area contributed by atoms with E-state index in [2.05, 4.69) is 50.0 Å². The Balaban J connectivity index is 1.36. The molecule has 6 heteroatoms. The van der Waals surface area contributed by atoms with Crippen molar-refractivity contribution in [2.75, 3.05) is 51.2 Å². The molecule has 0 bridgehead atoms. The molecule has 134 valence electrons. The average Bonchev–Trinajstić information content (AvgIpc) is 3.19. The van der Waals surface area contributed by atoms with Gasteiger partial charge in [0, 0.05) is 70.3 Å². The van der Waals surface area contributed by atoms with Crippen LogP contribution in [0.25, 0.3) is 0 Å². The summed E-state index contributed by atoms with van der Waals surface area (Å²) >= 11 is 0. The quantitative estimate of drug-likeness (QED) is 0.922. The van der Waals surface area contributed by atoms with E-state index in [0.717, 1.165) is 57.5 Å². The standard InChI is InChI=1S/C19H28N6/c1-23-9-11-24(12-10-23)14-16-4-5-18(22-13-16)25-8-2-3-17(15-25)19-20-6-7-21-19/h4-7,13,17H,2-3,8-12,14-15H2,1H3,(H,20,21). The van der Waals surface area contributed by atoms with Gasteiger partial charge in [-0.05, 0) is 31.5 Å². The molecular weight excluding hydrogens is 312 g/mol. The van der Waals surface area contributed by atoms with Gasteiger partial charge in [0.25, 0.3) is 0 Å². The minimum Gasteiger partial charge on any atom is -0.356 e. The van der Waals surface area contributed by atoms with Crippen molar-refractivity contribution in [3.8, 4) is 0 Å². The number of piperazine rings is 1. The normalized spacial score (nSPS) is 23.1. The number of aromatic amines is 1. The zero-order chi connectivity index (χ0) is 17.1. The summed E-state index contributed by atoms with van der Waals surface area (Å²) in [6.45, 7) is 7.71. The highest BCUT2D eigenvalue weighted by molar-refractivity contribution is 5.40. The van der Waals surface area contributed by atoms with Gasteiger partial charge in [-0.1, -0.05) is 6.07 Å². The summed E-state index contributed by atoms with van der Waals surface area (Å²) in [5.41, 5.74) is 1.31. The number of H-pyrrole nitrogens is 1. The summed E-state index contributed by atoms with van der Waals surface area (Å²) in [6.07, 6.45) is 8.21. The molecule has 0 aliphatic carbocycles. The predicted molar refractivity (Wildman–Crippen MR) is 99.8 cm³/mol.